The highest BCUT2D eigenvalue weighted by molar-refractivity contribution is 9.10. The fraction of sp³-hybridized carbons (Fsp3) is 0.222. The van der Waals surface area contributed by atoms with Gasteiger partial charge in [-0.3, -0.25) is 0 Å². The molecule has 54 heavy (non-hydrogen) atoms. The highest BCUT2D eigenvalue weighted by Crippen LogP contribution is 2.37. The van der Waals surface area contributed by atoms with E-state index in [2.05, 4.69) is 15.9 Å². The van der Waals surface area contributed by atoms with Crippen LogP contribution in [0.2, 0.25) is 0 Å². The van der Waals surface area contributed by atoms with Gasteiger partial charge in [0.1, 0.15) is 41.5 Å². The Morgan fingerprint density at radius 2 is 0.963 bits per heavy atom. The van der Waals surface area contributed by atoms with E-state index in [0.717, 1.165) is 30.3 Å². The quantitative estimate of drug-likeness (QED) is 0.147. The lowest BCUT2D eigenvalue weighted by atomic mass is 9.78. The van der Waals surface area contributed by atoms with Crippen LogP contribution in [-0.2, 0) is 21.7 Å². The van der Waals surface area contributed by atoms with Crippen molar-refractivity contribution >= 4 is 28.5 Å². The molecule has 278 valence electrons. The molecule has 4 aromatic rings. The monoisotopic (exact) mass is 822 g/mol. The van der Waals surface area contributed by atoms with Crippen LogP contribution in [0.4, 0.5) is 43.9 Å². The molecule has 0 radical (unpaired) electrons. The van der Waals surface area contributed by atoms with E-state index in [1.165, 1.54) is 18.2 Å². The molecule has 0 aliphatic carbocycles. The molecular weight excluding hydrogens is 801 g/mol. The highest BCUT2D eigenvalue weighted by Gasteiger charge is 2.52. The average Bonchev–Trinajstić information content (AvgIpc) is 3.31. The zero-order valence-corrected chi connectivity index (χ0v) is 29.7. The lowest BCUT2D eigenvalue weighted by molar-refractivity contribution is -0.138. The van der Waals surface area contributed by atoms with Crippen LogP contribution in [0.25, 0.3) is 11.1 Å². The standard InChI is InChI=1S/C15H5F5N2.C13H14BF2NO2.C8H3BrF3N/c16-13-5-12(14(17)4-9(13)7-22)11-2-1-10(15(18,19)20)3-8(11)6-21;1-12(2)13(3,4)19-14(18-12)9-6-10(15)8(7-17)5-11(9)16;9-7-2-1-6(8(10,11)12)3-5(7)4-13/h1-5H;5-6H,1-4H3;1-3H. The van der Waals surface area contributed by atoms with Gasteiger partial charge in [-0.2, -0.15) is 47.4 Å². The molecule has 1 fully saturated rings. The lowest BCUT2D eigenvalue weighted by Crippen LogP contribution is -2.41. The van der Waals surface area contributed by atoms with Gasteiger partial charge in [-0.25, -0.2) is 17.6 Å². The third kappa shape index (κ3) is 9.77. The van der Waals surface area contributed by atoms with Gasteiger partial charge in [0.05, 0.1) is 50.7 Å². The van der Waals surface area contributed by atoms with Crippen LogP contribution in [0.15, 0.2) is 65.1 Å². The number of benzene rings is 4. The molecule has 0 spiro atoms. The van der Waals surface area contributed by atoms with E-state index in [1.807, 2.05) is 27.7 Å². The molecule has 1 saturated heterocycles. The van der Waals surface area contributed by atoms with Crippen LogP contribution in [0.5, 0.6) is 0 Å². The Morgan fingerprint density at radius 3 is 1.43 bits per heavy atom. The zero-order valence-electron chi connectivity index (χ0n) is 28.1. The highest BCUT2D eigenvalue weighted by atomic mass is 79.9. The molecule has 0 amide bonds. The van der Waals surface area contributed by atoms with Crippen molar-refractivity contribution in [2.24, 2.45) is 0 Å². The summed E-state index contributed by atoms with van der Waals surface area (Å²) in [5, 5.41) is 34.6. The van der Waals surface area contributed by atoms with Crippen LogP contribution in [0.3, 0.4) is 0 Å². The van der Waals surface area contributed by atoms with Gasteiger partial charge in [0, 0.05) is 21.1 Å². The Hall–Kier alpha value is -5.40. The average molecular weight is 823 g/mol. The van der Waals surface area contributed by atoms with Crippen molar-refractivity contribution in [2.45, 2.75) is 51.2 Å². The van der Waals surface area contributed by atoms with Gasteiger partial charge in [0.15, 0.2) is 0 Å². The summed E-state index contributed by atoms with van der Waals surface area (Å²) in [6.07, 6.45) is -9.05. The topological polar surface area (TPSA) is 114 Å². The Balaban J connectivity index is 0.000000225. The molecule has 6 nitrogen and oxygen atoms in total. The molecule has 1 aliphatic rings. The molecule has 5 rings (SSSR count). The molecule has 1 heterocycles. The summed E-state index contributed by atoms with van der Waals surface area (Å²) in [5.74, 6) is -3.53. The van der Waals surface area contributed by atoms with Crippen molar-refractivity contribution in [1.29, 1.82) is 21.0 Å². The van der Waals surface area contributed by atoms with Gasteiger partial charge in [0.2, 0.25) is 0 Å². The van der Waals surface area contributed by atoms with E-state index < -0.39 is 76.2 Å². The first-order chi connectivity index (χ1) is 24.9. The molecule has 0 unspecified atom stereocenters. The molecule has 4 aromatic carbocycles. The summed E-state index contributed by atoms with van der Waals surface area (Å²) in [6.45, 7) is 7.30. The van der Waals surface area contributed by atoms with Crippen LogP contribution in [0, 0.1) is 68.6 Å². The maximum Gasteiger partial charge on any atom is 0.497 e. The Morgan fingerprint density at radius 1 is 0.537 bits per heavy atom. The predicted molar refractivity (Wildman–Crippen MR) is 177 cm³/mol. The lowest BCUT2D eigenvalue weighted by Gasteiger charge is -2.32. The second-order valence-electron chi connectivity index (χ2n) is 12.2. The Bertz CT molecular complexity index is 2230. The fourth-order valence-corrected chi connectivity index (χ4v) is 4.81. The summed E-state index contributed by atoms with van der Waals surface area (Å²) in [5.41, 5.74) is -5.08. The third-order valence-electron chi connectivity index (χ3n) is 8.06. The van der Waals surface area contributed by atoms with E-state index in [4.69, 9.17) is 30.4 Å². The molecule has 0 atom stereocenters. The van der Waals surface area contributed by atoms with Gasteiger partial charge in [0.25, 0.3) is 0 Å². The number of hydrogen-bond donors (Lipinski definition) is 0. The molecule has 0 aromatic heterocycles. The van der Waals surface area contributed by atoms with E-state index in [1.54, 1.807) is 12.1 Å². The zero-order chi connectivity index (χ0) is 41.0. The minimum absolute atomic E-state index is 0.0187. The minimum Gasteiger partial charge on any atom is -0.399 e. The normalized spacial score (nSPS) is 14.2. The second-order valence-corrected chi connectivity index (χ2v) is 13.0. The number of hydrogen-bond acceptors (Lipinski definition) is 6. The Labute approximate surface area is 310 Å². The maximum absolute atomic E-state index is 13.9. The van der Waals surface area contributed by atoms with Crippen molar-refractivity contribution in [1.82, 2.24) is 0 Å². The van der Waals surface area contributed by atoms with Gasteiger partial charge in [-0.05, 0) is 98.2 Å². The third-order valence-corrected chi connectivity index (χ3v) is 8.75. The van der Waals surface area contributed by atoms with Crippen molar-refractivity contribution in [3.8, 4) is 35.4 Å². The van der Waals surface area contributed by atoms with Gasteiger partial charge in [-0.15, -0.1) is 0 Å². The first-order valence-electron chi connectivity index (χ1n) is 14.9. The van der Waals surface area contributed by atoms with E-state index in [-0.39, 0.29) is 27.7 Å². The van der Waals surface area contributed by atoms with Crippen LogP contribution < -0.4 is 5.46 Å². The minimum atomic E-state index is -4.65. The molecule has 0 bridgehead atoms. The molecule has 18 heteroatoms. The van der Waals surface area contributed by atoms with Gasteiger partial charge >= 0.3 is 19.5 Å². The number of nitriles is 4. The smallest absolute Gasteiger partial charge is 0.399 e. The first kappa shape index (κ1) is 43.0. The molecule has 0 saturated carbocycles. The summed E-state index contributed by atoms with van der Waals surface area (Å²) in [4.78, 5) is 0. The van der Waals surface area contributed by atoms with E-state index in [0.29, 0.717) is 28.7 Å². The summed E-state index contributed by atoms with van der Waals surface area (Å²) < 4.78 is 141. The van der Waals surface area contributed by atoms with Crippen molar-refractivity contribution in [3.63, 3.8) is 0 Å². The SMILES string of the molecule is CC1(C)OB(c2cc(F)c(C#N)cc2F)OC1(C)C.N#Cc1cc(C(F)(F)F)ccc1Br.N#Cc1cc(F)c(-c2ccc(C(F)(F)F)cc2C#N)cc1F. The van der Waals surface area contributed by atoms with Crippen molar-refractivity contribution < 1.29 is 53.2 Å². The van der Waals surface area contributed by atoms with Crippen molar-refractivity contribution in [2.75, 3.05) is 0 Å². The first-order valence-corrected chi connectivity index (χ1v) is 15.7. The summed E-state index contributed by atoms with van der Waals surface area (Å²) >= 11 is 2.97. The second kappa shape index (κ2) is 16.3. The summed E-state index contributed by atoms with van der Waals surface area (Å²) in [7, 11) is -0.979. The largest absolute Gasteiger partial charge is 0.497 e. The van der Waals surface area contributed by atoms with Crippen LogP contribution in [-0.4, -0.2) is 18.3 Å². The maximum atomic E-state index is 13.9. The summed E-state index contributed by atoms with van der Waals surface area (Å²) in [6, 6.07) is 14.4. The van der Waals surface area contributed by atoms with Gasteiger partial charge < -0.3 is 9.31 Å². The number of rotatable bonds is 2. The fourth-order valence-electron chi connectivity index (χ4n) is 4.47. The molecule has 0 N–H and O–H groups in total. The number of alkyl halides is 6. The molecule has 1 aliphatic heterocycles. The van der Waals surface area contributed by atoms with Gasteiger partial charge in [-0.1, -0.05) is 6.07 Å². The van der Waals surface area contributed by atoms with E-state index in [9.17, 15) is 43.9 Å². The van der Waals surface area contributed by atoms with Crippen LogP contribution in [0.1, 0.15) is 61.1 Å². The van der Waals surface area contributed by atoms with Crippen molar-refractivity contribution in [3.05, 3.63) is 122 Å². The predicted octanol–water partition coefficient (Wildman–Crippen LogP) is 9.87. The van der Waals surface area contributed by atoms with E-state index >= 15 is 0 Å². The number of nitrogens with zero attached hydrogens (tertiary/aromatic N) is 4. The van der Waals surface area contributed by atoms with Crippen LogP contribution >= 0.6 is 15.9 Å². The Kier molecular flexibility index (Phi) is 13.0. The number of halogens is 11. The molecular formula is C36H22BBrF10N4O2.